The van der Waals surface area contributed by atoms with Crippen molar-refractivity contribution in [3.63, 3.8) is 0 Å². The van der Waals surface area contributed by atoms with Crippen LogP contribution in [0.15, 0.2) is 53.8 Å². The minimum absolute atomic E-state index is 0.0386. The van der Waals surface area contributed by atoms with Gasteiger partial charge < -0.3 is 15.5 Å². The highest BCUT2D eigenvalue weighted by Gasteiger charge is 2.31. The van der Waals surface area contributed by atoms with Crippen molar-refractivity contribution in [2.24, 2.45) is 0 Å². The third-order valence-corrected chi connectivity index (χ3v) is 8.16. The molecule has 1 fully saturated rings. The van der Waals surface area contributed by atoms with Crippen LogP contribution < -0.4 is 5.32 Å². The Morgan fingerprint density at radius 2 is 1.89 bits per heavy atom. The SMILES string of the molecule is Cc1ccc(S(=O)(=O)n2cc(-c3ncc(F)c(N[C@H]4CCC[C@@H](O)[C@@H]4O)n3)c3cc(Cl)cnc32)cc1. The number of aromatic nitrogens is 4. The molecule has 3 N–H and O–H groups in total. The van der Waals surface area contributed by atoms with Crippen molar-refractivity contribution in [3.8, 4) is 11.4 Å². The van der Waals surface area contributed by atoms with E-state index >= 15 is 0 Å². The first kappa shape index (κ1) is 24.6. The normalized spacial score (nSPS) is 20.5. The fourth-order valence-corrected chi connectivity index (χ4v) is 5.81. The maximum atomic E-state index is 14.6. The monoisotopic (exact) mass is 531 g/mol. The minimum atomic E-state index is -4.03. The van der Waals surface area contributed by atoms with E-state index in [1.54, 1.807) is 18.2 Å². The van der Waals surface area contributed by atoms with Gasteiger partial charge in [0.25, 0.3) is 10.0 Å². The second kappa shape index (κ2) is 9.40. The Kier molecular flexibility index (Phi) is 6.41. The number of fused-ring (bicyclic) bond motifs is 1. The van der Waals surface area contributed by atoms with E-state index in [9.17, 15) is 23.0 Å². The van der Waals surface area contributed by atoms with Gasteiger partial charge in [-0.25, -0.2) is 31.7 Å². The summed E-state index contributed by atoms with van der Waals surface area (Å²) in [5.74, 6) is -0.884. The van der Waals surface area contributed by atoms with Crippen LogP contribution in [0.2, 0.25) is 5.02 Å². The second-order valence-corrected chi connectivity index (χ2v) is 11.1. The molecule has 4 aromatic rings. The van der Waals surface area contributed by atoms with Gasteiger partial charge in [0.15, 0.2) is 23.1 Å². The number of nitrogens with one attached hydrogen (secondary N) is 1. The topological polar surface area (TPSA) is 130 Å². The Hall–Kier alpha value is -3.12. The summed E-state index contributed by atoms with van der Waals surface area (Å²) in [6.45, 7) is 1.85. The Bertz CT molecular complexity index is 1540. The average Bonchev–Trinajstić information content (AvgIpc) is 3.23. The van der Waals surface area contributed by atoms with E-state index in [0.29, 0.717) is 24.6 Å². The highest BCUT2D eigenvalue weighted by atomic mass is 35.5. The fraction of sp³-hybridized carbons (Fsp3) is 0.292. The van der Waals surface area contributed by atoms with E-state index < -0.39 is 34.1 Å². The van der Waals surface area contributed by atoms with Crippen molar-refractivity contribution < 1.29 is 23.0 Å². The molecular formula is C24H23ClFN5O4S. The number of rotatable bonds is 5. The fourth-order valence-electron chi connectivity index (χ4n) is 4.33. The molecule has 1 aliphatic rings. The molecule has 9 nitrogen and oxygen atoms in total. The molecule has 0 aliphatic heterocycles. The average molecular weight is 532 g/mol. The highest BCUT2D eigenvalue weighted by molar-refractivity contribution is 7.90. The predicted molar refractivity (Wildman–Crippen MR) is 133 cm³/mol. The molecule has 1 aromatic carbocycles. The maximum Gasteiger partial charge on any atom is 0.269 e. The molecule has 36 heavy (non-hydrogen) atoms. The zero-order valence-electron chi connectivity index (χ0n) is 19.1. The number of aryl methyl sites for hydroxylation is 1. The molecule has 0 saturated heterocycles. The molecule has 0 radical (unpaired) electrons. The summed E-state index contributed by atoms with van der Waals surface area (Å²) in [6, 6.07) is 7.34. The van der Waals surface area contributed by atoms with Gasteiger partial charge in [-0.15, -0.1) is 0 Å². The number of aliphatic hydroxyl groups excluding tert-OH is 2. The first-order chi connectivity index (χ1) is 17.1. The lowest BCUT2D eigenvalue weighted by Gasteiger charge is -2.32. The van der Waals surface area contributed by atoms with Crippen LogP contribution in [0, 0.1) is 12.7 Å². The lowest BCUT2D eigenvalue weighted by molar-refractivity contribution is -0.0162. The zero-order valence-corrected chi connectivity index (χ0v) is 20.7. The summed E-state index contributed by atoms with van der Waals surface area (Å²) in [6.07, 6.45) is 3.27. The maximum absolute atomic E-state index is 14.6. The van der Waals surface area contributed by atoms with Crippen LogP contribution in [-0.4, -0.2) is 55.8 Å². The third kappa shape index (κ3) is 4.43. The standard InChI is InChI=1S/C24H23ClFN5O4S/c1-13-5-7-15(8-6-13)36(34,35)31-12-17(16-9-14(25)10-28-24(16)31)22-27-11-18(26)23(30-22)29-19-3-2-4-20(32)21(19)33/h5-12,19-21,32-33H,2-4H2,1H3,(H,27,29,30)/t19-,20+,21+/m0/s1. The van der Waals surface area contributed by atoms with Gasteiger partial charge in [-0.05, 0) is 44.4 Å². The molecule has 0 unspecified atom stereocenters. The number of hydrogen-bond donors (Lipinski definition) is 3. The molecular weight excluding hydrogens is 509 g/mol. The van der Waals surface area contributed by atoms with Crippen LogP contribution in [0.1, 0.15) is 24.8 Å². The minimum Gasteiger partial charge on any atom is -0.390 e. The van der Waals surface area contributed by atoms with Gasteiger partial charge in [0, 0.05) is 23.3 Å². The van der Waals surface area contributed by atoms with Crippen LogP contribution in [0.3, 0.4) is 0 Å². The summed E-state index contributed by atoms with van der Waals surface area (Å²) in [5.41, 5.74) is 1.30. The van der Waals surface area contributed by atoms with E-state index in [2.05, 4.69) is 20.3 Å². The first-order valence-corrected chi connectivity index (χ1v) is 13.1. The molecule has 1 saturated carbocycles. The van der Waals surface area contributed by atoms with Gasteiger partial charge in [-0.1, -0.05) is 29.3 Å². The molecule has 0 spiro atoms. The summed E-state index contributed by atoms with van der Waals surface area (Å²) in [7, 11) is -4.03. The second-order valence-electron chi connectivity index (χ2n) is 8.81. The predicted octanol–water partition coefficient (Wildman–Crippen LogP) is 3.52. The molecule has 0 bridgehead atoms. The van der Waals surface area contributed by atoms with Crippen LogP contribution in [0.5, 0.6) is 0 Å². The number of benzene rings is 1. The van der Waals surface area contributed by atoms with Crippen LogP contribution in [0.25, 0.3) is 22.4 Å². The molecule has 3 heterocycles. The van der Waals surface area contributed by atoms with Gasteiger partial charge in [-0.3, -0.25) is 0 Å². The number of anilines is 1. The van der Waals surface area contributed by atoms with Crippen LogP contribution >= 0.6 is 11.6 Å². The summed E-state index contributed by atoms with van der Waals surface area (Å²) < 4.78 is 42.6. The van der Waals surface area contributed by atoms with Crippen molar-refractivity contribution in [2.45, 2.75) is 49.3 Å². The van der Waals surface area contributed by atoms with Gasteiger partial charge in [0.1, 0.15) is 0 Å². The lowest BCUT2D eigenvalue weighted by Crippen LogP contribution is -2.45. The summed E-state index contributed by atoms with van der Waals surface area (Å²) >= 11 is 6.17. The van der Waals surface area contributed by atoms with E-state index in [1.807, 2.05) is 6.92 Å². The molecule has 3 atom stereocenters. The molecule has 12 heteroatoms. The molecule has 1 aliphatic carbocycles. The Morgan fingerprint density at radius 3 is 2.64 bits per heavy atom. The lowest BCUT2D eigenvalue weighted by atomic mass is 9.90. The number of nitrogens with zero attached hydrogens (tertiary/aromatic N) is 4. The van der Waals surface area contributed by atoms with E-state index in [4.69, 9.17) is 11.6 Å². The number of halogens is 2. The number of pyridine rings is 1. The van der Waals surface area contributed by atoms with Crippen molar-refractivity contribution >= 4 is 38.5 Å². The van der Waals surface area contributed by atoms with Crippen molar-refractivity contribution in [1.29, 1.82) is 0 Å². The number of hydrogen-bond acceptors (Lipinski definition) is 8. The third-order valence-electron chi connectivity index (χ3n) is 6.28. The highest BCUT2D eigenvalue weighted by Crippen LogP contribution is 2.33. The Balaban J connectivity index is 1.61. The molecule has 0 amide bonds. The molecule has 3 aromatic heterocycles. The van der Waals surface area contributed by atoms with Gasteiger partial charge in [-0.2, -0.15) is 0 Å². The molecule has 5 rings (SSSR count). The largest absolute Gasteiger partial charge is 0.390 e. The Morgan fingerprint density at radius 1 is 1.14 bits per heavy atom. The van der Waals surface area contributed by atoms with E-state index in [-0.39, 0.29) is 32.8 Å². The first-order valence-electron chi connectivity index (χ1n) is 11.3. The van der Waals surface area contributed by atoms with Gasteiger partial charge in [0.2, 0.25) is 0 Å². The van der Waals surface area contributed by atoms with Gasteiger partial charge >= 0.3 is 0 Å². The van der Waals surface area contributed by atoms with E-state index in [1.165, 1.54) is 24.5 Å². The van der Waals surface area contributed by atoms with Crippen molar-refractivity contribution in [1.82, 2.24) is 18.9 Å². The zero-order chi connectivity index (χ0) is 25.6. The van der Waals surface area contributed by atoms with Gasteiger partial charge in [0.05, 0.1) is 34.4 Å². The smallest absolute Gasteiger partial charge is 0.269 e. The number of aliphatic hydroxyl groups is 2. The van der Waals surface area contributed by atoms with Crippen molar-refractivity contribution in [2.75, 3.05) is 5.32 Å². The van der Waals surface area contributed by atoms with Crippen LogP contribution in [-0.2, 0) is 10.0 Å². The summed E-state index contributed by atoms with van der Waals surface area (Å²) in [4.78, 5) is 12.7. The van der Waals surface area contributed by atoms with Crippen LogP contribution in [0.4, 0.5) is 10.2 Å². The summed E-state index contributed by atoms with van der Waals surface area (Å²) in [5, 5.41) is 23.8. The van der Waals surface area contributed by atoms with Crippen molar-refractivity contribution in [3.05, 3.63) is 65.3 Å². The Labute approximate surface area is 211 Å². The molecule has 188 valence electrons. The van der Waals surface area contributed by atoms with E-state index in [0.717, 1.165) is 15.7 Å². The quantitative estimate of drug-likeness (QED) is 0.356.